The molecule has 0 spiro atoms. The van der Waals surface area contributed by atoms with Crippen molar-refractivity contribution in [3.63, 3.8) is 0 Å². The van der Waals surface area contributed by atoms with Gasteiger partial charge in [-0.15, -0.1) is 0 Å². The fraction of sp³-hybridized carbons (Fsp3) is 0.278. The topological polar surface area (TPSA) is 61.4 Å². The van der Waals surface area contributed by atoms with Gasteiger partial charge in [-0.1, -0.05) is 35.9 Å². The molecule has 0 aromatic heterocycles. The number of hydrogen-bond acceptors (Lipinski definition) is 3. The molecule has 2 atom stereocenters. The molecule has 3 rings (SSSR count). The maximum Gasteiger partial charge on any atom is 0.251 e. The molecule has 23 heavy (non-hydrogen) atoms. The van der Waals surface area contributed by atoms with Crippen LogP contribution in [0.2, 0.25) is 5.02 Å². The number of aliphatic hydroxyl groups is 1. The summed E-state index contributed by atoms with van der Waals surface area (Å²) in [5.74, 6) is -0.211. The van der Waals surface area contributed by atoms with Crippen molar-refractivity contribution in [3.05, 3.63) is 70.2 Å². The molecule has 0 unspecified atom stereocenters. The van der Waals surface area contributed by atoms with Crippen LogP contribution in [0, 0.1) is 0 Å². The van der Waals surface area contributed by atoms with E-state index in [-0.39, 0.29) is 18.5 Å². The molecule has 2 aromatic rings. The Hall–Kier alpha value is -1.88. The van der Waals surface area contributed by atoms with Crippen LogP contribution in [0.25, 0.3) is 0 Å². The summed E-state index contributed by atoms with van der Waals surface area (Å²) in [6.45, 7) is 0.949. The van der Waals surface area contributed by atoms with Crippen molar-refractivity contribution in [1.29, 1.82) is 0 Å². The Morgan fingerprint density at radius 1 is 1.22 bits per heavy atom. The van der Waals surface area contributed by atoms with E-state index in [2.05, 4.69) is 22.8 Å². The normalized spacial score (nSPS) is 18.1. The molecule has 120 valence electrons. The third-order valence-electron chi connectivity index (χ3n) is 4.16. The van der Waals surface area contributed by atoms with Gasteiger partial charge in [0.15, 0.2) is 0 Å². The number of aliphatic hydroxyl groups excluding tert-OH is 1. The van der Waals surface area contributed by atoms with Gasteiger partial charge in [-0.3, -0.25) is 4.79 Å². The van der Waals surface area contributed by atoms with E-state index in [9.17, 15) is 9.90 Å². The van der Waals surface area contributed by atoms with Crippen LogP contribution in [-0.4, -0.2) is 29.7 Å². The third kappa shape index (κ3) is 3.91. The summed E-state index contributed by atoms with van der Waals surface area (Å²) in [7, 11) is 0. The van der Waals surface area contributed by atoms with Gasteiger partial charge in [0.05, 0.1) is 6.10 Å². The average molecular weight is 331 g/mol. The van der Waals surface area contributed by atoms with E-state index in [1.54, 1.807) is 24.3 Å². The van der Waals surface area contributed by atoms with Crippen molar-refractivity contribution < 1.29 is 9.90 Å². The Morgan fingerprint density at radius 3 is 2.65 bits per heavy atom. The van der Waals surface area contributed by atoms with E-state index >= 15 is 0 Å². The minimum absolute atomic E-state index is 0.0598. The summed E-state index contributed by atoms with van der Waals surface area (Å²) < 4.78 is 0. The summed E-state index contributed by atoms with van der Waals surface area (Å²) in [6, 6.07) is 14.8. The molecule has 1 aliphatic heterocycles. The largest absolute Gasteiger partial charge is 0.390 e. The zero-order chi connectivity index (χ0) is 16.2. The highest BCUT2D eigenvalue weighted by atomic mass is 35.5. The zero-order valence-corrected chi connectivity index (χ0v) is 13.4. The number of hydrogen-bond donors (Lipinski definition) is 3. The second-order valence-electron chi connectivity index (χ2n) is 5.74. The molecule has 5 heteroatoms. The van der Waals surface area contributed by atoms with Crippen molar-refractivity contribution >= 4 is 17.5 Å². The predicted octanol–water partition coefficient (Wildman–Crippen LogP) is 2.15. The van der Waals surface area contributed by atoms with Crippen molar-refractivity contribution in [2.75, 3.05) is 6.54 Å². The van der Waals surface area contributed by atoms with Crippen LogP contribution in [0.1, 0.15) is 21.5 Å². The standard InChI is InChI=1S/C18H19ClN2O2/c19-15-7-5-12(6-8-15)18(23)21-11-17(22)16-9-13-3-1-2-4-14(13)10-20-16/h1-8,16-17,20,22H,9-11H2,(H,21,23)/t16-,17+/m0/s1. The number of nitrogens with one attached hydrogen (secondary N) is 2. The molecule has 0 radical (unpaired) electrons. The molecule has 4 nitrogen and oxygen atoms in total. The van der Waals surface area contributed by atoms with E-state index < -0.39 is 6.10 Å². The molecule has 0 saturated heterocycles. The van der Waals surface area contributed by atoms with Gasteiger partial charge in [-0.05, 0) is 41.8 Å². The van der Waals surface area contributed by atoms with Crippen LogP contribution in [0.4, 0.5) is 0 Å². The number of benzene rings is 2. The first kappa shape index (κ1) is 16.0. The molecule has 0 saturated carbocycles. The molecule has 3 N–H and O–H groups in total. The third-order valence-corrected chi connectivity index (χ3v) is 4.41. The van der Waals surface area contributed by atoms with E-state index in [4.69, 9.17) is 11.6 Å². The van der Waals surface area contributed by atoms with Crippen molar-refractivity contribution in [1.82, 2.24) is 10.6 Å². The highest BCUT2D eigenvalue weighted by molar-refractivity contribution is 6.30. The van der Waals surface area contributed by atoms with Crippen LogP contribution >= 0.6 is 11.6 Å². The Bertz CT molecular complexity index is 688. The van der Waals surface area contributed by atoms with E-state index in [1.807, 2.05) is 12.1 Å². The van der Waals surface area contributed by atoms with Gasteiger partial charge in [-0.2, -0.15) is 0 Å². The SMILES string of the molecule is O=C(NC[C@@H](O)[C@@H]1Cc2ccccc2CN1)c1ccc(Cl)cc1. The molecule has 0 bridgehead atoms. The van der Waals surface area contributed by atoms with Gasteiger partial charge in [0.1, 0.15) is 0 Å². The zero-order valence-electron chi connectivity index (χ0n) is 12.6. The van der Waals surface area contributed by atoms with Gasteiger partial charge in [0.25, 0.3) is 5.91 Å². The molecule has 1 amide bonds. The molecule has 2 aromatic carbocycles. The Balaban J connectivity index is 1.55. The molecule has 0 aliphatic carbocycles. The summed E-state index contributed by atoms with van der Waals surface area (Å²) >= 11 is 5.81. The van der Waals surface area contributed by atoms with E-state index in [0.29, 0.717) is 10.6 Å². The highest BCUT2D eigenvalue weighted by Gasteiger charge is 2.24. The fourth-order valence-electron chi connectivity index (χ4n) is 2.79. The first-order valence-electron chi connectivity index (χ1n) is 7.65. The summed E-state index contributed by atoms with van der Waals surface area (Å²) in [5, 5.41) is 17.0. The predicted molar refractivity (Wildman–Crippen MR) is 90.6 cm³/mol. The lowest BCUT2D eigenvalue weighted by Crippen LogP contribution is -2.49. The van der Waals surface area contributed by atoms with Gasteiger partial charge in [0.2, 0.25) is 0 Å². The van der Waals surface area contributed by atoms with Crippen LogP contribution in [-0.2, 0) is 13.0 Å². The fourth-order valence-corrected chi connectivity index (χ4v) is 2.92. The van der Waals surface area contributed by atoms with Crippen LogP contribution in [0.5, 0.6) is 0 Å². The first-order chi connectivity index (χ1) is 11.1. The molecule has 1 heterocycles. The van der Waals surface area contributed by atoms with Crippen molar-refractivity contribution in [2.24, 2.45) is 0 Å². The number of carbonyl (C=O) groups excluding carboxylic acids is 1. The lowest BCUT2D eigenvalue weighted by molar-refractivity contribution is 0.0870. The summed E-state index contributed by atoms with van der Waals surface area (Å²) in [4.78, 5) is 12.1. The molecule has 0 fully saturated rings. The molecular weight excluding hydrogens is 312 g/mol. The van der Waals surface area contributed by atoms with Crippen molar-refractivity contribution in [2.45, 2.75) is 25.1 Å². The average Bonchev–Trinajstić information content (AvgIpc) is 2.59. The smallest absolute Gasteiger partial charge is 0.251 e. The van der Waals surface area contributed by atoms with Gasteiger partial charge >= 0.3 is 0 Å². The van der Waals surface area contributed by atoms with Crippen LogP contribution in [0.3, 0.4) is 0 Å². The second-order valence-corrected chi connectivity index (χ2v) is 6.18. The number of halogens is 1. The lowest BCUT2D eigenvalue weighted by Gasteiger charge is -2.30. The number of rotatable bonds is 4. The number of amides is 1. The maximum atomic E-state index is 12.1. The lowest BCUT2D eigenvalue weighted by atomic mass is 9.93. The van der Waals surface area contributed by atoms with Crippen LogP contribution < -0.4 is 10.6 Å². The Kier molecular flexibility index (Phi) is 4.96. The number of fused-ring (bicyclic) bond motifs is 1. The second kappa shape index (κ2) is 7.13. The molecule has 1 aliphatic rings. The number of carbonyl (C=O) groups is 1. The monoisotopic (exact) mass is 330 g/mol. The molecular formula is C18H19ClN2O2. The summed E-state index contributed by atoms with van der Waals surface area (Å²) in [6.07, 6.45) is 0.119. The Morgan fingerprint density at radius 2 is 1.91 bits per heavy atom. The maximum absolute atomic E-state index is 12.1. The minimum atomic E-state index is -0.639. The Labute approximate surface area is 140 Å². The van der Waals surface area contributed by atoms with Gasteiger partial charge in [0, 0.05) is 29.7 Å². The van der Waals surface area contributed by atoms with Gasteiger partial charge in [-0.25, -0.2) is 0 Å². The first-order valence-corrected chi connectivity index (χ1v) is 8.03. The van der Waals surface area contributed by atoms with Crippen molar-refractivity contribution in [3.8, 4) is 0 Å². The summed E-state index contributed by atoms with van der Waals surface area (Å²) in [5.41, 5.74) is 3.05. The highest BCUT2D eigenvalue weighted by Crippen LogP contribution is 2.17. The van der Waals surface area contributed by atoms with E-state index in [0.717, 1.165) is 13.0 Å². The van der Waals surface area contributed by atoms with E-state index in [1.165, 1.54) is 11.1 Å². The quantitative estimate of drug-likeness (QED) is 0.805. The van der Waals surface area contributed by atoms with Gasteiger partial charge < -0.3 is 15.7 Å². The van der Waals surface area contributed by atoms with Crippen LogP contribution in [0.15, 0.2) is 48.5 Å². The minimum Gasteiger partial charge on any atom is -0.390 e.